The molecule has 0 radical (unpaired) electrons. The van der Waals surface area contributed by atoms with Gasteiger partial charge in [-0.3, -0.25) is 4.79 Å². The molecule has 21 heavy (non-hydrogen) atoms. The minimum absolute atomic E-state index is 0.0744. The Hall–Kier alpha value is -1.46. The van der Waals surface area contributed by atoms with Crippen LogP contribution < -0.4 is 5.73 Å². The Morgan fingerprint density at radius 1 is 1.48 bits per heavy atom. The molecule has 5 heteroatoms. The molecule has 1 heterocycles. The SMILES string of the molecule is CCCC(N)CC(=O)N1CCOC(c2ccc(F)cc2)C1. The van der Waals surface area contributed by atoms with E-state index < -0.39 is 0 Å². The van der Waals surface area contributed by atoms with Gasteiger partial charge in [0.2, 0.25) is 5.91 Å². The molecule has 0 saturated carbocycles. The lowest BCUT2D eigenvalue weighted by Gasteiger charge is -2.33. The van der Waals surface area contributed by atoms with Crippen molar-refractivity contribution in [1.82, 2.24) is 4.90 Å². The summed E-state index contributed by atoms with van der Waals surface area (Å²) in [6.45, 7) is 3.65. The van der Waals surface area contributed by atoms with Crippen molar-refractivity contribution in [3.05, 3.63) is 35.6 Å². The van der Waals surface area contributed by atoms with Crippen molar-refractivity contribution in [2.45, 2.75) is 38.3 Å². The van der Waals surface area contributed by atoms with Crippen LogP contribution in [0.15, 0.2) is 24.3 Å². The number of hydrogen-bond acceptors (Lipinski definition) is 3. The second-order valence-corrected chi connectivity index (χ2v) is 5.50. The summed E-state index contributed by atoms with van der Waals surface area (Å²) >= 11 is 0. The van der Waals surface area contributed by atoms with Crippen LogP contribution in [-0.2, 0) is 9.53 Å². The highest BCUT2D eigenvalue weighted by Crippen LogP contribution is 2.23. The Balaban J connectivity index is 1.94. The van der Waals surface area contributed by atoms with Crippen LogP contribution in [0, 0.1) is 5.82 Å². The van der Waals surface area contributed by atoms with Gasteiger partial charge in [-0.25, -0.2) is 4.39 Å². The largest absolute Gasteiger partial charge is 0.370 e. The smallest absolute Gasteiger partial charge is 0.224 e. The van der Waals surface area contributed by atoms with E-state index in [1.54, 1.807) is 17.0 Å². The number of carbonyl (C=O) groups excluding carboxylic acids is 1. The molecule has 116 valence electrons. The van der Waals surface area contributed by atoms with E-state index in [1.807, 2.05) is 0 Å². The van der Waals surface area contributed by atoms with Gasteiger partial charge in [0.25, 0.3) is 0 Å². The minimum atomic E-state index is -0.270. The average molecular weight is 294 g/mol. The van der Waals surface area contributed by atoms with E-state index >= 15 is 0 Å². The highest BCUT2D eigenvalue weighted by atomic mass is 19.1. The van der Waals surface area contributed by atoms with Gasteiger partial charge in [0.05, 0.1) is 13.2 Å². The first-order valence-corrected chi connectivity index (χ1v) is 7.50. The van der Waals surface area contributed by atoms with Crippen molar-refractivity contribution < 1.29 is 13.9 Å². The summed E-state index contributed by atoms with van der Waals surface area (Å²) in [6, 6.07) is 6.16. The van der Waals surface area contributed by atoms with E-state index in [1.165, 1.54) is 12.1 Å². The number of nitrogens with zero attached hydrogens (tertiary/aromatic N) is 1. The summed E-state index contributed by atoms with van der Waals surface area (Å²) < 4.78 is 18.6. The molecular formula is C16H23FN2O2. The third-order valence-electron chi connectivity index (χ3n) is 3.76. The van der Waals surface area contributed by atoms with Gasteiger partial charge in [-0.05, 0) is 24.1 Å². The Morgan fingerprint density at radius 2 is 2.19 bits per heavy atom. The number of benzene rings is 1. The van der Waals surface area contributed by atoms with E-state index in [2.05, 4.69) is 6.92 Å². The monoisotopic (exact) mass is 294 g/mol. The molecule has 1 aliphatic rings. The molecule has 0 aliphatic carbocycles. The molecule has 1 saturated heterocycles. The lowest BCUT2D eigenvalue weighted by atomic mass is 10.1. The lowest BCUT2D eigenvalue weighted by molar-refractivity contribution is -0.139. The number of ether oxygens (including phenoxy) is 1. The van der Waals surface area contributed by atoms with Gasteiger partial charge < -0.3 is 15.4 Å². The van der Waals surface area contributed by atoms with Crippen molar-refractivity contribution >= 4 is 5.91 Å². The summed E-state index contributed by atoms with van der Waals surface area (Å²) in [4.78, 5) is 14.0. The molecule has 2 rings (SSSR count). The van der Waals surface area contributed by atoms with Crippen LogP contribution in [0.5, 0.6) is 0 Å². The molecule has 0 bridgehead atoms. The van der Waals surface area contributed by atoms with Crippen molar-refractivity contribution in [1.29, 1.82) is 0 Å². The van der Waals surface area contributed by atoms with E-state index in [0.717, 1.165) is 18.4 Å². The molecule has 1 aromatic carbocycles. The van der Waals surface area contributed by atoms with E-state index in [-0.39, 0.29) is 23.9 Å². The number of nitrogens with two attached hydrogens (primary N) is 1. The number of morpholine rings is 1. The molecule has 1 aliphatic heterocycles. The first-order chi connectivity index (χ1) is 10.1. The van der Waals surface area contributed by atoms with Gasteiger partial charge >= 0.3 is 0 Å². The predicted molar refractivity (Wildman–Crippen MR) is 79.2 cm³/mol. The number of hydrogen-bond donors (Lipinski definition) is 1. The van der Waals surface area contributed by atoms with Crippen LogP contribution in [0.1, 0.15) is 37.9 Å². The molecular weight excluding hydrogens is 271 g/mol. The zero-order valence-corrected chi connectivity index (χ0v) is 12.4. The van der Waals surface area contributed by atoms with Crippen molar-refractivity contribution in [2.75, 3.05) is 19.7 Å². The first-order valence-electron chi connectivity index (χ1n) is 7.50. The maximum atomic E-state index is 13.0. The van der Waals surface area contributed by atoms with Gasteiger partial charge in [-0.2, -0.15) is 0 Å². The van der Waals surface area contributed by atoms with Crippen molar-refractivity contribution in [3.63, 3.8) is 0 Å². The zero-order chi connectivity index (χ0) is 15.2. The highest BCUT2D eigenvalue weighted by Gasteiger charge is 2.26. The standard InChI is InChI=1S/C16H23FN2O2/c1-2-3-14(18)10-16(20)19-8-9-21-15(11-19)12-4-6-13(17)7-5-12/h4-7,14-15H,2-3,8-11,18H2,1H3. The molecule has 1 aromatic rings. The number of rotatable bonds is 5. The Kier molecular flexibility index (Phi) is 5.70. The summed E-state index contributed by atoms with van der Waals surface area (Å²) in [5.74, 6) is -0.195. The third-order valence-corrected chi connectivity index (χ3v) is 3.76. The molecule has 4 nitrogen and oxygen atoms in total. The van der Waals surface area contributed by atoms with Gasteiger partial charge in [0.1, 0.15) is 11.9 Å². The van der Waals surface area contributed by atoms with Crippen molar-refractivity contribution in [2.24, 2.45) is 5.73 Å². The quantitative estimate of drug-likeness (QED) is 0.906. The fraction of sp³-hybridized carbons (Fsp3) is 0.562. The minimum Gasteiger partial charge on any atom is -0.370 e. The van der Waals surface area contributed by atoms with Crippen LogP contribution in [0.25, 0.3) is 0 Å². The second-order valence-electron chi connectivity index (χ2n) is 5.50. The fourth-order valence-electron chi connectivity index (χ4n) is 2.58. The maximum Gasteiger partial charge on any atom is 0.224 e. The molecule has 2 unspecified atom stereocenters. The molecule has 2 atom stereocenters. The third kappa shape index (κ3) is 4.51. The van der Waals surface area contributed by atoms with E-state index in [0.29, 0.717) is 26.1 Å². The summed E-state index contributed by atoms with van der Waals surface area (Å²) in [5.41, 5.74) is 6.83. The zero-order valence-electron chi connectivity index (χ0n) is 12.4. The van der Waals surface area contributed by atoms with E-state index in [9.17, 15) is 9.18 Å². The number of halogens is 1. The number of carbonyl (C=O) groups is 1. The Labute approximate surface area is 125 Å². The van der Waals surface area contributed by atoms with Crippen LogP contribution in [0.3, 0.4) is 0 Å². The molecule has 0 aromatic heterocycles. The Bertz CT molecular complexity index is 464. The second kappa shape index (κ2) is 7.52. The topological polar surface area (TPSA) is 55.6 Å². The Morgan fingerprint density at radius 3 is 2.86 bits per heavy atom. The molecule has 0 spiro atoms. The van der Waals surface area contributed by atoms with Crippen LogP contribution >= 0.6 is 0 Å². The normalized spacial score (nSPS) is 20.3. The van der Waals surface area contributed by atoms with Crippen LogP contribution in [-0.4, -0.2) is 36.5 Å². The average Bonchev–Trinajstić information content (AvgIpc) is 2.48. The van der Waals surface area contributed by atoms with Crippen LogP contribution in [0.4, 0.5) is 4.39 Å². The molecule has 2 N–H and O–H groups in total. The summed E-state index contributed by atoms with van der Waals surface area (Å²) in [6.07, 6.45) is 2.03. The number of amides is 1. The van der Waals surface area contributed by atoms with Gasteiger partial charge in [0.15, 0.2) is 0 Å². The van der Waals surface area contributed by atoms with Gasteiger partial charge in [-0.15, -0.1) is 0 Å². The molecule has 1 fully saturated rings. The molecule has 1 amide bonds. The van der Waals surface area contributed by atoms with Crippen molar-refractivity contribution in [3.8, 4) is 0 Å². The van der Waals surface area contributed by atoms with Crippen LogP contribution in [0.2, 0.25) is 0 Å². The summed E-state index contributed by atoms with van der Waals surface area (Å²) in [5, 5.41) is 0. The first kappa shape index (κ1) is 15.9. The van der Waals surface area contributed by atoms with E-state index in [4.69, 9.17) is 10.5 Å². The highest BCUT2D eigenvalue weighted by molar-refractivity contribution is 5.77. The van der Waals surface area contributed by atoms with Gasteiger partial charge in [-0.1, -0.05) is 25.5 Å². The maximum absolute atomic E-state index is 13.0. The fourth-order valence-corrected chi connectivity index (χ4v) is 2.58. The summed E-state index contributed by atoms with van der Waals surface area (Å²) in [7, 11) is 0. The predicted octanol–water partition coefficient (Wildman–Crippen LogP) is 2.24. The van der Waals surface area contributed by atoms with Gasteiger partial charge in [0, 0.05) is 19.0 Å². The lowest BCUT2D eigenvalue weighted by Crippen LogP contribution is -2.44.